The Labute approximate surface area is 202 Å². The van der Waals surface area contributed by atoms with Crippen molar-refractivity contribution in [2.75, 3.05) is 25.6 Å². The number of thioether (sulfide) groups is 1. The molecule has 0 bridgehead atoms. The zero-order valence-corrected chi connectivity index (χ0v) is 20.3. The Morgan fingerprint density at radius 1 is 1.03 bits per heavy atom. The fourth-order valence-electron chi connectivity index (χ4n) is 2.91. The van der Waals surface area contributed by atoms with Crippen LogP contribution in [0.3, 0.4) is 0 Å². The largest absolute Gasteiger partial charge is 0.490 e. The van der Waals surface area contributed by atoms with Crippen LogP contribution in [0, 0.1) is 0 Å². The van der Waals surface area contributed by atoms with Gasteiger partial charge in [-0.25, -0.2) is 0 Å². The molecule has 8 nitrogen and oxygen atoms in total. The summed E-state index contributed by atoms with van der Waals surface area (Å²) >= 11 is 7.27. The van der Waals surface area contributed by atoms with E-state index in [1.54, 1.807) is 18.2 Å². The Kier molecular flexibility index (Phi) is 9.26. The molecule has 10 heteroatoms. The molecule has 0 aliphatic heterocycles. The number of nitrogens with zero attached hydrogens (tertiary/aromatic N) is 2. The van der Waals surface area contributed by atoms with Crippen molar-refractivity contribution in [3.8, 4) is 28.7 Å². The fourth-order valence-corrected chi connectivity index (χ4v) is 3.71. The van der Waals surface area contributed by atoms with Gasteiger partial charge >= 0.3 is 0 Å². The average molecular weight is 492 g/mol. The maximum Gasteiger partial charge on any atom is 0.277 e. The Balaban J connectivity index is 1.67. The standard InChI is InChI=1S/C23H26ClN3O5S/c1-4-29-18-11-16(12-19(30-5-2)21(18)31-6-3)22-26-27-23(32-22)33-14-20(28)25-13-15-9-7-8-10-17(15)24/h7-12H,4-6,13-14H2,1-3H3,(H,25,28). The molecule has 1 N–H and O–H groups in total. The lowest BCUT2D eigenvalue weighted by molar-refractivity contribution is -0.118. The number of benzene rings is 2. The third kappa shape index (κ3) is 6.79. The molecule has 3 rings (SSSR count). The highest BCUT2D eigenvalue weighted by Gasteiger charge is 2.19. The van der Waals surface area contributed by atoms with E-state index in [1.165, 1.54) is 0 Å². The van der Waals surface area contributed by atoms with Crippen LogP contribution in [0.25, 0.3) is 11.5 Å². The molecule has 0 fully saturated rings. The van der Waals surface area contributed by atoms with Crippen molar-refractivity contribution in [1.29, 1.82) is 0 Å². The number of nitrogens with one attached hydrogen (secondary N) is 1. The third-order valence-electron chi connectivity index (χ3n) is 4.32. The highest BCUT2D eigenvalue weighted by atomic mass is 35.5. The van der Waals surface area contributed by atoms with Crippen molar-refractivity contribution >= 4 is 29.3 Å². The van der Waals surface area contributed by atoms with Crippen molar-refractivity contribution in [2.45, 2.75) is 32.5 Å². The minimum atomic E-state index is -0.169. The number of aromatic nitrogens is 2. The van der Waals surface area contributed by atoms with E-state index < -0.39 is 0 Å². The number of ether oxygens (including phenoxy) is 3. The van der Waals surface area contributed by atoms with Crippen LogP contribution >= 0.6 is 23.4 Å². The van der Waals surface area contributed by atoms with Gasteiger partial charge < -0.3 is 23.9 Å². The number of amides is 1. The number of carbonyl (C=O) groups excluding carboxylic acids is 1. The highest BCUT2D eigenvalue weighted by Crippen LogP contribution is 2.42. The van der Waals surface area contributed by atoms with Crippen molar-refractivity contribution in [2.24, 2.45) is 0 Å². The van der Waals surface area contributed by atoms with Crippen LogP contribution in [-0.2, 0) is 11.3 Å². The lowest BCUT2D eigenvalue weighted by Crippen LogP contribution is -2.24. The van der Waals surface area contributed by atoms with Crippen LogP contribution in [0.15, 0.2) is 46.0 Å². The molecule has 3 aromatic rings. The Bertz CT molecular complexity index is 1050. The second-order valence-corrected chi connectivity index (χ2v) is 7.96. The molecule has 2 aromatic carbocycles. The van der Waals surface area contributed by atoms with Crippen LogP contribution in [0.5, 0.6) is 17.2 Å². The van der Waals surface area contributed by atoms with Gasteiger partial charge in [0.1, 0.15) is 0 Å². The summed E-state index contributed by atoms with van der Waals surface area (Å²) in [7, 11) is 0. The van der Waals surface area contributed by atoms with Gasteiger partial charge in [-0.05, 0) is 44.5 Å². The van der Waals surface area contributed by atoms with E-state index in [0.717, 1.165) is 17.3 Å². The van der Waals surface area contributed by atoms with Crippen LogP contribution in [0.4, 0.5) is 0 Å². The molecule has 0 spiro atoms. The normalized spacial score (nSPS) is 10.7. The van der Waals surface area contributed by atoms with Gasteiger partial charge in [0.15, 0.2) is 11.5 Å². The first-order valence-electron chi connectivity index (χ1n) is 10.6. The lowest BCUT2D eigenvalue weighted by atomic mass is 10.2. The summed E-state index contributed by atoms with van der Waals surface area (Å²) in [4.78, 5) is 12.2. The fraction of sp³-hybridized carbons (Fsp3) is 0.348. The van der Waals surface area contributed by atoms with E-state index in [2.05, 4.69) is 15.5 Å². The van der Waals surface area contributed by atoms with Crippen molar-refractivity contribution in [1.82, 2.24) is 15.5 Å². The van der Waals surface area contributed by atoms with E-state index in [-0.39, 0.29) is 16.9 Å². The number of hydrogen-bond acceptors (Lipinski definition) is 8. The summed E-state index contributed by atoms with van der Waals surface area (Å²) in [6.45, 7) is 7.42. The predicted molar refractivity (Wildman–Crippen MR) is 127 cm³/mol. The second kappa shape index (κ2) is 12.4. The molecule has 0 saturated heterocycles. The van der Waals surface area contributed by atoms with Gasteiger partial charge in [-0.3, -0.25) is 4.79 Å². The zero-order valence-electron chi connectivity index (χ0n) is 18.7. The minimum absolute atomic E-state index is 0.129. The zero-order chi connectivity index (χ0) is 23.6. The number of carbonyl (C=O) groups is 1. The molecule has 0 aliphatic rings. The van der Waals surface area contributed by atoms with Gasteiger partial charge in [-0.15, -0.1) is 10.2 Å². The summed E-state index contributed by atoms with van der Waals surface area (Å²) in [5.41, 5.74) is 1.48. The van der Waals surface area contributed by atoms with E-state index in [0.29, 0.717) is 60.1 Å². The topological polar surface area (TPSA) is 95.7 Å². The van der Waals surface area contributed by atoms with Gasteiger partial charge in [0.25, 0.3) is 5.22 Å². The molecule has 0 atom stereocenters. The molecule has 0 unspecified atom stereocenters. The maximum absolute atomic E-state index is 12.2. The second-order valence-electron chi connectivity index (χ2n) is 6.63. The molecule has 0 aliphatic carbocycles. The first kappa shape index (κ1) is 24.7. The van der Waals surface area contributed by atoms with Gasteiger partial charge in [-0.1, -0.05) is 41.6 Å². The van der Waals surface area contributed by atoms with E-state index >= 15 is 0 Å². The van der Waals surface area contributed by atoms with Crippen LogP contribution < -0.4 is 19.5 Å². The molecule has 1 amide bonds. The van der Waals surface area contributed by atoms with Crippen molar-refractivity contribution in [3.05, 3.63) is 47.0 Å². The van der Waals surface area contributed by atoms with Gasteiger partial charge in [-0.2, -0.15) is 0 Å². The van der Waals surface area contributed by atoms with E-state index in [1.807, 2.05) is 39.0 Å². The Hall–Kier alpha value is -2.91. The summed E-state index contributed by atoms with van der Waals surface area (Å²) in [5, 5.41) is 11.9. The molecule has 1 heterocycles. The van der Waals surface area contributed by atoms with Crippen LogP contribution in [0.2, 0.25) is 5.02 Å². The summed E-state index contributed by atoms with van der Waals surface area (Å²) in [6, 6.07) is 10.9. The summed E-state index contributed by atoms with van der Waals surface area (Å²) in [6.07, 6.45) is 0. The van der Waals surface area contributed by atoms with E-state index in [9.17, 15) is 4.79 Å². The average Bonchev–Trinajstić information content (AvgIpc) is 3.28. The predicted octanol–water partition coefficient (Wildman–Crippen LogP) is 4.99. The summed E-state index contributed by atoms with van der Waals surface area (Å²) < 4.78 is 22.9. The van der Waals surface area contributed by atoms with E-state index in [4.69, 9.17) is 30.2 Å². The SMILES string of the molecule is CCOc1cc(-c2nnc(SCC(=O)NCc3ccccc3Cl)o2)cc(OCC)c1OCC. The molecular weight excluding hydrogens is 466 g/mol. The smallest absolute Gasteiger partial charge is 0.277 e. The van der Waals surface area contributed by atoms with Gasteiger partial charge in [0.2, 0.25) is 17.5 Å². The van der Waals surface area contributed by atoms with Crippen molar-refractivity contribution in [3.63, 3.8) is 0 Å². The highest BCUT2D eigenvalue weighted by molar-refractivity contribution is 7.99. The number of halogens is 1. The monoisotopic (exact) mass is 491 g/mol. The maximum atomic E-state index is 12.2. The Morgan fingerprint density at radius 3 is 2.33 bits per heavy atom. The summed E-state index contributed by atoms with van der Waals surface area (Å²) in [5.74, 6) is 1.86. The minimum Gasteiger partial charge on any atom is -0.490 e. The molecular formula is C23H26ClN3O5S. The molecule has 33 heavy (non-hydrogen) atoms. The van der Waals surface area contributed by atoms with Crippen LogP contribution in [0.1, 0.15) is 26.3 Å². The quantitative estimate of drug-likeness (QED) is 0.354. The lowest BCUT2D eigenvalue weighted by Gasteiger charge is -2.16. The number of hydrogen-bond donors (Lipinski definition) is 1. The first-order chi connectivity index (χ1) is 16.0. The van der Waals surface area contributed by atoms with Crippen molar-refractivity contribution < 1.29 is 23.4 Å². The number of rotatable bonds is 12. The third-order valence-corrected chi connectivity index (χ3v) is 5.51. The molecule has 1 aromatic heterocycles. The van der Waals surface area contributed by atoms with Gasteiger partial charge in [0.05, 0.1) is 25.6 Å². The Morgan fingerprint density at radius 2 is 1.70 bits per heavy atom. The first-order valence-corrected chi connectivity index (χ1v) is 11.9. The molecule has 0 saturated carbocycles. The van der Waals surface area contributed by atoms with Crippen LogP contribution in [-0.4, -0.2) is 41.7 Å². The molecule has 0 radical (unpaired) electrons. The van der Waals surface area contributed by atoms with Gasteiger partial charge in [0, 0.05) is 17.1 Å². The molecule has 176 valence electrons.